The molecular formula is C17H24N4O3. The normalized spacial score (nSPS) is 13.3. The number of carbonyl (C=O) groups is 1. The second kappa shape index (κ2) is 8.47. The minimum Gasteiger partial charge on any atom is -0.389 e. The summed E-state index contributed by atoms with van der Waals surface area (Å²) in [5, 5.41) is 12.6. The number of likely N-dealkylation sites (N-methyl/N-ethyl adjacent to an activating group) is 1. The van der Waals surface area contributed by atoms with Crippen molar-refractivity contribution in [3.8, 4) is 5.69 Å². The van der Waals surface area contributed by atoms with E-state index in [4.69, 9.17) is 4.74 Å². The Morgan fingerprint density at radius 3 is 2.71 bits per heavy atom. The van der Waals surface area contributed by atoms with Crippen LogP contribution in [0.1, 0.15) is 18.5 Å². The van der Waals surface area contributed by atoms with E-state index < -0.39 is 6.10 Å². The van der Waals surface area contributed by atoms with Gasteiger partial charge in [0.1, 0.15) is 0 Å². The van der Waals surface area contributed by atoms with Crippen LogP contribution in [0.3, 0.4) is 0 Å². The van der Waals surface area contributed by atoms with E-state index in [1.807, 2.05) is 42.0 Å². The van der Waals surface area contributed by atoms with Crippen molar-refractivity contribution in [2.45, 2.75) is 19.1 Å². The number of benzene rings is 1. The molecule has 2 rings (SSSR count). The van der Waals surface area contributed by atoms with Crippen molar-refractivity contribution in [1.82, 2.24) is 19.8 Å². The summed E-state index contributed by atoms with van der Waals surface area (Å²) >= 11 is 0. The fraction of sp³-hybridized carbons (Fsp3) is 0.412. The van der Waals surface area contributed by atoms with Crippen molar-refractivity contribution in [3.63, 3.8) is 0 Å². The molecule has 0 unspecified atom stereocenters. The number of hydrogen-bond acceptors (Lipinski definition) is 4. The lowest BCUT2D eigenvalue weighted by atomic mass is 10.1. The molecule has 0 spiro atoms. The Morgan fingerprint density at radius 2 is 2.12 bits per heavy atom. The molecule has 2 atom stereocenters. The number of hydrogen-bond donors (Lipinski definition) is 2. The number of nitrogens with one attached hydrogen (secondary N) is 1. The van der Waals surface area contributed by atoms with Gasteiger partial charge in [-0.2, -0.15) is 0 Å². The van der Waals surface area contributed by atoms with Gasteiger partial charge in [-0.25, -0.2) is 9.78 Å². The maximum absolute atomic E-state index is 12.2. The van der Waals surface area contributed by atoms with Gasteiger partial charge in [-0.3, -0.25) is 0 Å². The van der Waals surface area contributed by atoms with E-state index in [1.165, 1.54) is 12.0 Å². The van der Waals surface area contributed by atoms with Crippen molar-refractivity contribution in [2.24, 2.45) is 0 Å². The molecule has 0 bridgehead atoms. The zero-order chi connectivity index (χ0) is 17.5. The second-order valence-corrected chi connectivity index (χ2v) is 5.72. The Kier molecular flexibility index (Phi) is 6.34. The molecular weight excluding hydrogens is 308 g/mol. The number of methoxy groups -OCH3 is 1. The summed E-state index contributed by atoms with van der Waals surface area (Å²) in [6.45, 7) is 2.33. The van der Waals surface area contributed by atoms with Gasteiger partial charge in [-0.05, 0) is 24.6 Å². The molecule has 1 aromatic heterocycles. The Bertz CT molecular complexity index is 628. The standard InChI is InChI=1S/C17H24N4O3/c1-13(19-17(23)20(2)10-16(22)11-24-3)14-4-6-15(7-5-14)21-9-8-18-12-21/h4-9,12-13,16,22H,10-11H2,1-3H3,(H,19,23)/t13-,16-/m0/s1. The molecule has 2 amide bonds. The van der Waals surface area contributed by atoms with Gasteiger partial charge >= 0.3 is 6.03 Å². The summed E-state index contributed by atoms with van der Waals surface area (Å²) in [6.07, 6.45) is 4.64. The molecule has 7 heteroatoms. The van der Waals surface area contributed by atoms with Crippen molar-refractivity contribution in [2.75, 3.05) is 27.3 Å². The monoisotopic (exact) mass is 332 g/mol. The van der Waals surface area contributed by atoms with E-state index in [0.29, 0.717) is 0 Å². The summed E-state index contributed by atoms with van der Waals surface area (Å²) in [4.78, 5) is 17.6. The van der Waals surface area contributed by atoms with Gasteiger partial charge in [0.25, 0.3) is 0 Å². The smallest absolute Gasteiger partial charge is 0.317 e. The highest BCUT2D eigenvalue weighted by Gasteiger charge is 2.16. The lowest BCUT2D eigenvalue weighted by Gasteiger charge is -2.23. The average Bonchev–Trinajstić information content (AvgIpc) is 3.09. The topological polar surface area (TPSA) is 79.6 Å². The van der Waals surface area contributed by atoms with Crippen molar-refractivity contribution in [3.05, 3.63) is 48.5 Å². The minimum absolute atomic E-state index is 0.142. The average molecular weight is 332 g/mol. The van der Waals surface area contributed by atoms with Gasteiger partial charge in [0.05, 0.1) is 31.6 Å². The molecule has 2 N–H and O–H groups in total. The van der Waals surface area contributed by atoms with Crippen LogP contribution in [0.2, 0.25) is 0 Å². The van der Waals surface area contributed by atoms with Crippen LogP contribution in [-0.2, 0) is 4.74 Å². The van der Waals surface area contributed by atoms with Gasteiger partial charge in [0.2, 0.25) is 0 Å². The van der Waals surface area contributed by atoms with Crippen LogP contribution in [0, 0.1) is 0 Å². The number of carbonyl (C=O) groups excluding carboxylic acids is 1. The van der Waals surface area contributed by atoms with Crippen LogP contribution in [0.4, 0.5) is 4.79 Å². The van der Waals surface area contributed by atoms with Crippen molar-refractivity contribution < 1.29 is 14.6 Å². The molecule has 0 aliphatic heterocycles. The third kappa shape index (κ3) is 4.81. The summed E-state index contributed by atoms with van der Waals surface area (Å²) in [5.41, 5.74) is 2.01. The third-order valence-electron chi connectivity index (χ3n) is 3.73. The van der Waals surface area contributed by atoms with Crippen LogP contribution in [0.5, 0.6) is 0 Å². The Labute approximate surface area is 141 Å². The van der Waals surface area contributed by atoms with Crippen LogP contribution < -0.4 is 5.32 Å². The molecule has 24 heavy (non-hydrogen) atoms. The number of aliphatic hydroxyl groups is 1. The van der Waals surface area contributed by atoms with E-state index in [0.717, 1.165) is 11.3 Å². The highest BCUT2D eigenvalue weighted by molar-refractivity contribution is 5.74. The molecule has 0 fully saturated rings. The van der Waals surface area contributed by atoms with Gasteiger partial charge in [0, 0.05) is 32.2 Å². The number of urea groups is 1. The molecule has 7 nitrogen and oxygen atoms in total. The highest BCUT2D eigenvalue weighted by Crippen LogP contribution is 2.16. The molecule has 0 saturated heterocycles. The third-order valence-corrected chi connectivity index (χ3v) is 3.73. The number of ether oxygens (including phenoxy) is 1. The molecule has 0 aliphatic rings. The first-order valence-electron chi connectivity index (χ1n) is 7.78. The zero-order valence-electron chi connectivity index (χ0n) is 14.2. The molecule has 0 aliphatic carbocycles. The Morgan fingerprint density at radius 1 is 1.42 bits per heavy atom. The van der Waals surface area contributed by atoms with Crippen molar-refractivity contribution >= 4 is 6.03 Å². The van der Waals surface area contributed by atoms with E-state index in [2.05, 4.69) is 10.3 Å². The minimum atomic E-state index is -0.699. The predicted molar refractivity (Wildman–Crippen MR) is 91.0 cm³/mol. The molecule has 1 aromatic carbocycles. The Hall–Kier alpha value is -2.38. The van der Waals surface area contributed by atoms with E-state index in [9.17, 15) is 9.90 Å². The van der Waals surface area contributed by atoms with E-state index in [1.54, 1.807) is 19.6 Å². The molecule has 0 saturated carbocycles. The maximum atomic E-state index is 12.2. The SMILES string of the molecule is COC[C@@H](O)CN(C)C(=O)N[C@@H](C)c1ccc(-n2ccnc2)cc1. The number of aromatic nitrogens is 2. The number of imidazole rings is 1. The number of aliphatic hydroxyl groups excluding tert-OH is 1. The summed E-state index contributed by atoms with van der Waals surface area (Å²) < 4.78 is 6.78. The van der Waals surface area contributed by atoms with Crippen LogP contribution in [0.15, 0.2) is 43.0 Å². The summed E-state index contributed by atoms with van der Waals surface area (Å²) in [6, 6.07) is 7.52. The lowest BCUT2D eigenvalue weighted by molar-refractivity contribution is 0.0488. The largest absolute Gasteiger partial charge is 0.389 e. The van der Waals surface area contributed by atoms with Crippen molar-refractivity contribution in [1.29, 1.82) is 0 Å². The van der Waals surface area contributed by atoms with Crippen LogP contribution in [-0.4, -0.2) is 59.0 Å². The first-order chi connectivity index (χ1) is 11.5. The highest BCUT2D eigenvalue weighted by atomic mass is 16.5. The summed E-state index contributed by atoms with van der Waals surface area (Å²) in [5.74, 6) is 0. The molecule has 130 valence electrons. The maximum Gasteiger partial charge on any atom is 0.317 e. The fourth-order valence-corrected chi connectivity index (χ4v) is 2.37. The summed E-state index contributed by atoms with van der Waals surface area (Å²) in [7, 11) is 3.15. The van der Waals surface area contributed by atoms with E-state index >= 15 is 0 Å². The Balaban J connectivity index is 1.91. The molecule has 2 aromatic rings. The van der Waals surface area contributed by atoms with Crippen LogP contribution in [0.25, 0.3) is 5.69 Å². The van der Waals surface area contributed by atoms with E-state index in [-0.39, 0.29) is 25.2 Å². The number of nitrogens with zero attached hydrogens (tertiary/aromatic N) is 3. The number of rotatable bonds is 7. The quantitative estimate of drug-likeness (QED) is 0.807. The lowest BCUT2D eigenvalue weighted by Crippen LogP contribution is -2.43. The van der Waals surface area contributed by atoms with Gasteiger partial charge in [0.15, 0.2) is 0 Å². The van der Waals surface area contributed by atoms with Gasteiger partial charge in [-0.1, -0.05) is 12.1 Å². The van der Waals surface area contributed by atoms with Gasteiger partial charge in [-0.15, -0.1) is 0 Å². The first kappa shape index (κ1) is 18.0. The first-order valence-corrected chi connectivity index (χ1v) is 7.78. The number of amides is 2. The van der Waals surface area contributed by atoms with Crippen LogP contribution >= 0.6 is 0 Å². The molecule has 0 radical (unpaired) electrons. The predicted octanol–water partition coefficient (Wildman–Crippen LogP) is 1.58. The second-order valence-electron chi connectivity index (χ2n) is 5.72. The molecule has 1 heterocycles. The van der Waals surface area contributed by atoms with Gasteiger partial charge < -0.3 is 24.6 Å². The fourth-order valence-electron chi connectivity index (χ4n) is 2.37. The zero-order valence-corrected chi connectivity index (χ0v) is 14.2.